The summed E-state index contributed by atoms with van der Waals surface area (Å²) in [5.74, 6) is 0.220. The molecule has 2 atom stereocenters. The summed E-state index contributed by atoms with van der Waals surface area (Å²) in [4.78, 5) is 0.256. The van der Waals surface area contributed by atoms with Crippen LogP contribution in [0.15, 0.2) is 4.90 Å². The smallest absolute Gasteiger partial charge is 0.244 e. The second-order valence-corrected chi connectivity index (χ2v) is 6.60. The van der Waals surface area contributed by atoms with Gasteiger partial charge in [-0.05, 0) is 26.7 Å². The van der Waals surface area contributed by atoms with Crippen LogP contribution in [0, 0.1) is 19.8 Å². The molecule has 0 aliphatic rings. The Morgan fingerprint density at radius 3 is 2.41 bits per heavy atom. The van der Waals surface area contributed by atoms with Gasteiger partial charge in [-0.3, -0.25) is 5.10 Å². The summed E-state index contributed by atoms with van der Waals surface area (Å²) in [5, 5.41) is 7.33. The lowest BCUT2D eigenvalue weighted by molar-refractivity contribution is 0.484. The van der Waals surface area contributed by atoms with E-state index in [9.17, 15) is 8.42 Å². The molecule has 0 aliphatic heterocycles. The SMILES string of the molecule is Cc1n[nH]c(C)c1S(=O)(=O)NC(C)C(C)CBr. The van der Waals surface area contributed by atoms with Crippen LogP contribution < -0.4 is 4.72 Å². The van der Waals surface area contributed by atoms with Gasteiger partial charge in [-0.25, -0.2) is 13.1 Å². The minimum absolute atomic E-state index is 0.131. The molecule has 0 spiro atoms. The van der Waals surface area contributed by atoms with Gasteiger partial charge in [0.25, 0.3) is 0 Å². The van der Waals surface area contributed by atoms with Gasteiger partial charge >= 0.3 is 0 Å². The zero-order chi connectivity index (χ0) is 13.2. The van der Waals surface area contributed by atoms with E-state index in [0.29, 0.717) is 11.4 Å². The van der Waals surface area contributed by atoms with Gasteiger partial charge in [0, 0.05) is 11.4 Å². The Balaban J connectivity index is 2.98. The molecule has 0 fully saturated rings. The zero-order valence-corrected chi connectivity index (χ0v) is 12.8. The predicted octanol–water partition coefficient (Wildman–Crippen LogP) is 1.72. The summed E-state index contributed by atoms with van der Waals surface area (Å²) in [6.45, 7) is 7.22. The molecule has 0 aliphatic carbocycles. The van der Waals surface area contributed by atoms with E-state index in [1.165, 1.54) is 0 Å². The van der Waals surface area contributed by atoms with E-state index in [-0.39, 0.29) is 16.9 Å². The number of alkyl halides is 1. The van der Waals surface area contributed by atoms with Crippen molar-refractivity contribution >= 4 is 26.0 Å². The maximum atomic E-state index is 12.2. The van der Waals surface area contributed by atoms with E-state index in [1.54, 1.807) is 13.8 Å². The minimum atomic E-state index is -3.50. The van der Waals surface area contributed by atoms with Gasteiger partial charge < -0.3 is 0 Å². The Labute approximate surface area is 111 Å². The third-order valence-electron chi connectivity index (χ3n) is 2.77. The summed E-state index contributed by atoms with van der Waals surface area (Å²) in [5.41, 5.74) is 1.06. The number of H-pyrrole nitrogens is 1. The topological polar surface area (TPSA) is 74.8 Å². The molecule has 1 aromatic heterocycles. The number of rotatable bonds is 5. The zero-order valence-electron chi connectivity index (χ0n) is 10.4. The fraction of sp³-hybridized carbons (Fsp3) is 0.700. The molecule has 0 amide bonds. The van der Waals surface area contributed by atoms with Gasteiger partial charge in [-0.2, -0.15) is 5.10 Å². The Kier molecular flexibility index (Phi) is 4.74. The van der Waals surface area contributed by atoms with Crippen LogP contribution in [0.25, 0.3) is 0 Å². The van der Waals surface area contributed by atoms with Crippen molar-refractivity contribution in [3.63, 3.8) is 0 Å². The molecule has 0 saturated carbocycles. The lowest BCUT2D eigenvalue weighted by atomic mass is 10.1. The van der Waals surface area contributed by atoms with Crippen molar-refractivity contribution in [2.24, 2.45) is 5.92 Å². The first kappa shape index (κ1) is 14.7. The number of aryl methyl sites for hydroxylation is 2. The number of aromatic amines is 1. The Morgan fingerprint density at radius 2 is 2.00 bits per heavy atom. The first-order valence-electron chi connectivity index (χ1n) is 5.39. The van der Waals surface area contributed by atoms with Crippen molar-refractivity contribution in [2.45, 2.75) is 38.6 Å². The molecule has 7 heteroatoms. The molecule has 1 rings (SSSR count). The standard InChI is InChI=1S/C10H18BrN3O2S/c1-6(5-11)7(2)14-17(15,16)10-8(3)12-13-9(10)4/h6-7,14H,5H2,1-4H3,(H,12,13). The Bertz CT molecular complexity index is 464. The van der Waals surface area contributed by atoms with Gasteiger partial charge in [-0.1, -0.05) is 22.9 Å². The number of sulfonamides is 1. The van der Waals surface area contributed by atoms with E-state index in [2.05, 4.69) is 30.8 Å². The van der Waals surface area contributed by atoms with Gasteiger partial charge in [0.2, 0.25) is 10.0 Å². The van der Waals surface area contributed by atoms with Crippen LogP contribution in [-0.4, -0.2) is 30.0 Å². The van der Waals surface area contributed by atoms with Crippen LogP contribution in [0.4, 0.5) is 0 Å². The lowest BCUT2D eigenvalue weighted by Crippen LogP contribution is -2.38. The average molecular weight is 324 g/mol. The highest BCUT2D eigenvalue weighted by Gasteiger charge is 2.25. The summed E-state index contributed by atoms with van der Waals surface area (Å²) < 4.78 is 27.0. The van der Waals surface area contributed by atoms with Crippen molar-refractivity contribution in [1.29, 1.82) is 0 Å². The highest BCUT2D eigenvalue weighted by molar-refractivity contribution is 9.09. The summed E-state index contributed by atoms with van der Waals surface area (Å²) in [6, 6.07) is -0.131. The molecule has 5 nitrogen and oxygen atoms in total. The molecular formula is C10H18BrN3O2S. The highest BCUT2D eigenvalue weighted by Crippen LogP contribution is 2.18. The maximum Gasteiger partial charge on any atom is 0.244 e. The van der Waals surface area contributed by atoms with Crippen LogP contribution in [0.1, 0.15) is 25.2 Å². The average Bonchev–Trinajstić information content (AvgIpc) is 2.57. The second kappa shape index (κ2) is 5.49. The molecule has 2 N–H and O–H groups in total. The molecule has 1 aromatic rings. The summed E-state index contributed by atoms with van der Waals surface area (Å²) >= 11 is 3.35. The molecule has 2 unspecified atom stereocenters. The number of nitrogens with one attached hydrogen (secondary N) is 2. The van der Waals surface area contributed by atoms with Crippen molar-refractivity contribution in [1.82, 2.24) is 14.9 Å². The number of aromatic nitrogens is 2. The molecular weight excluding hydrogens is 306 g/mol. The van der Waals surface area contributed by atoms with Crippen molar-refractivity contribution in [2.75, 3.05) is 5.33 Å². The molecule has 1 heterocycles. The van der Waals surface area contributed by atoms with Gasteiger partial charge in [-0.15, -0.1) is 0 Å². The van der Waals surface area contributed by atoms with E-state index < -0.39 is 10.0 Å². The van der Waals surface area contributed by atoms with Crippen LogP contribution in [-0.2, 0) is 10.0 Å². The minimum Gasteiger partial charge on any atom is -0.281 e. The van der Waals surface area contributed by atoms with Crippen LogP contribution in [0.5, 0.6) is 0 Å². The van der Waals surface area contributed by atoms with Gasteiger partial charge in [0.05, 0.1) is 11.4 Å². The highest BCUT2D eigenvalue weighted by atomic mass is 79.9. The van der Waals surface area contributed by atoms with Crippen molar-refractivity contribution < 1.29 is 8.42 Å². The number of hydrogen-bond donors (Lipinski definition) is 2. The second-order valence-electron chi connectivity index (χ2n) is 4.30. The third-order valence-corrected chi connectivity index (χ3v) is 5.61. The Morgan fingerprint density at radius 1 is 1.41 bits per heavy atom. The normalized spacial score (nSPS) is 15.8. The fourth-order valence-electron chi connectivity index (χ4n) is 1.49. The molecule has 0 saturated heterocycles. The van der Waals surface area contributed by atoms with E-state index in [4.69, 9.17) is 0 Å². The Hall–Kier alpha value is -0.400. The first-order valence-corrected chi connectivity index (χ1v) is 8.00. The molecule has 17 heavy (non-hydrogen) atoms. The molecule has 0 bridgehead atoms. The van der Waals surface area contributed by atoms with Crippen molar-refractivity contribution in [3.05, 3.63) is 11.4 Å². The van der Waals surface area contributed by atoms with Gasteiger partial charge in [0.1, 0.15) is 4.90 Å². The third kappa shape index (κ3) is 3.29. The summed E-state index contributed by atoms with van der Waals surface area (Å²) in [7, 11) is -3.50. The molecule has 0 aromatic carbocycles. The number of nitrogens with zero attached hydrogens (tertiary/aromatic N) is 1. The molecule has 0 radical (unpaired) electrons. The van der Waals surface area contributed by atoms with Crippen LogP contribution in [0.3, 0.4) is 0 Å². The number of hydrogen-bond acceptors (Lipinski definition) is 3. The van der Waals surface area contributed by atoms with Crippen LogP contribution in [0.2, 0.25) is 0 Å². The van der Waals surface area contributed by atoms with E-state index in [0.717, 1.165) is 5.33 Å². The lowest BCUT2D eigenvalue weighted by Gasteiger charge is -2.19. The van der Waals surface area contributed by atoms with E-state index >= 15 is 0 Å². The quantitative estimate of drug-likeness (QED) is 0.810. The fourth-order valence-corrected chi connectivity index (χ4v) is 3.77. The first-order chi connectivity index (χ1) is 7.79. The predicted molar refractivity (Wildman–Crippen MR) is 70.8 cm³/mol. The monoisotopic (exact) mass is 323 g/mol. The largest absolute Gasteiger partial charge is 0.281 e. The van der Waals surface area contributed by atoms with Gasteiger partial charge in [0.15, 0.2) is 0 Å². The number of halogens is 1. The van der Waals surface area contributed by atoms with Crippen LogP contribution >= 0.6 is 15.9 Å². The van der Waals surface area contributed by atoms with E-state index in [1.807, 2.05) is 13.8 Å². The van der Waals surface area contributed by atoms with Crippen molar-refractivity contribution in [3.8, 4) is 0 Å². The maximum absolute atomic E-state index is 12.2. The summed E-state index contributed by atoms with van der Waals surface area (Å²) in [6.07, 6.45) is 0. The molecule has 98 valence electrons.